The van der Waals surface area contributed by atoms with E-state index >= 15 is 8.78 Å². The van der Waals surface area contributed by atoms with Crippen LogP contribution >= 0.6 is 23.2 Å². The van der Waals surface area contributed by atoms with Crippen LogP contribution in [0.4, 0.5) is 20.2 Å². The third-order valence-corrected chi connectivity index (χ3v) is 9.56. The van der Waals surface area contributed by atoms with E-state index in [4.69, 9.17) is 23.2 Å². The molecule has 2 spiro atoms. The number of benzene rings is 4. The van der Waals surface area contributed by atoms with E-state index in [0.29, 0.717) is 10.0 Å². The van der Waals surface area contributed by atoms with E-state index in [1.807, 2.05) is 0 Å². The summed E-state index contributed by atoms with van der Waals surface area (Å²) in [6.07, 6.45) is -0.268. The molecule has 4 aromatic rings. The molecule has 4 aromatic carbocycles. The molecule has 214 valence electrons. The highest BCUT2D eigenvalue weighted by atomic mass is 35.5. The van der Waals surface area contributed by atoms with E-state index in [-0.39, 0.29) is 40.0 Å². The number of fused-ring (bicyclic) bond motifs is 5. The van der Waals surface area contributed by atoms with E-state index in [0.717, 1.165) is 24.3 Å². The number of nitrogens with one attached hydrogen (secondary N) is 2. The van der Waals surface area contributed by atoms with E-state index in [1.165, 1.54) is 60.7 Å². The third kappa shape index (κ3) is 3.63. The van der Waals surface area contributed by atoms with Crippen LogP contribution in [0.15, 0.2) is 84.9 Å². The zero-order chi connectivity index (χ0) is 30.3. The minimum Gasteiger partial charge on any atom is -0.325 e. The molecule has 2 heterocycles. The second kappa shape index (κ2) is 9.56. The van der Waals surface area contributed by atoms with Crippen LogP contribution in [-0.4, -0.2) is 23.4 Å². The fourth-order valence-corrected chi connectivity index (χ4v) is 7.69. The van der Waals surface area contributed by atoms with Gasteiger partial charge in [0.1, 0.15) is 22.5 Å². The molecule has 2 aliphatic heterocycles. The Kier molecular flexibility index (Phi) is 6.10. The lowest BCUT2D eigenvalue weighted by atomic mass is 9.53. The molecule has 1 saturated carbocycles. The van der Waals surface area contributed by atoms with Gasteiger partial charge in [0.2, 0.25) is 11.8 Å². The summed E-state index contributed by atoms with van der Waals surface area (Å²) >= 11 is 12.2. The third-order valence-electron chi connectivity index (χ3n) is 9.05. The lowest BCUT2D eigenvalue weighted by Gasteiger charge is -2.42. The Morgan fingerprint density at radius 1 is 0.628 bits per heavy atom. The van der Waals surface area contributed by atoms with Gasteiger partial charge in [-0.1, -0.05) is 23.2 Å². The zero-order valence-electron chi connectivity index (χ0n) is 22.1. The van der Waals surface area contributed by atoms with Crippen molar-refractivity contribution >= 4 is 58.0 Å². The number of ketones is 2. The molecule has 4 atom stereocenters. The molecule has 1 aliphatic carbocycles. The molecule has 43 heavy (non-hydrogen) atoms. The first-order chi connectivity index (χ1) is 20.6. The van der Waals surface area contributed by atoms with Gasteiger partial charge in [0.25, 0.3) is 0 Å². The molecule has 2 N–H and O–H groups in total. The summed E-state index contributed by atoms with van der Waals surface area (Å²) in [4.78, 5) is 58.0. The first-order valence-electron chi connectivity index (χ1n) is 13.4. The highest BCUT2D eigenvalue weighted by molar-refractivity contribution is 6.31. The van der Waals surface area contributed by atoms with Crippen molar-refractivity contribution in [2.75, 3.05) is 10.6 Å². The summed E-state index contributed by atoms with van der Waals surface area (Å²) < 4.78 is 30.1. The molecular weight excluding hydrogens is 597 g/mol. The van der Waals surface area contributed by atoms with Crippen LogP contribution in [0, 0.1) is 23.5 Å². The number of anilines is 2. The molecular formula is C33H20Cl2F2N2O4. The molecule has 10 heteroatoms. The summed E-state index contributed by atoms with van der Waals surface area (Å²) in [5.74, 6) is -6.73. The maximum atomic E-state index is 15.0. The van der Waals surface area contributed by atoms with Gasteiger partial charge < -0.3 is 10.6 Å². The van der Waals surface area contributed by atoms with E-state index in [9.17, 15) is 19.2 Å². The molecule has 2 amide bonds. The number of halogens is 4. The fourth-order valence-electron chi connectivity index (χ4n) is 7.44. The Morgan fingerprint density at radius 2 is 1.00 bits per heavy atom. The lowest BCUT2D eigenvalue weighted by molar-refractivity contribution is -0.132. The number of amides is 2. The Balaban J connectivity index is 1.59. The summed E-state index contributed by atoms with van der Waals surface area (Å²) in [5, 5.41) is 6.23. The molecule has 0 radical (unpaired) electrons. The quantitative estimate of drug-likeness (QED) is 0.248. The van der Waals surface area contributed by atoms with Crippen molar-refractivity contribution in [3.8, 4) is 0 Å². The Bertz CT molecular complexity index is 1760. The van der Waals surface area contributed by atoms with Crippen molar-refractivity contribution in [1.29, 1.82) is 0 Å². The standard InChI is InChI=1S/C33H20Cl2F2N2O4/c34-18-5-1-16(2-6-18)28(40)24-15-25(29(41)17-3-7-19(35)8-4-17)33(23-14-21(37)10-12-27(23)39-31(33)43)32(24)22-13-20(36)9-11-26(22)38-30(32)42/h1-14,24-25H,15H2,(H,38,42)(H,39,43)/t24-,25-,32-,33+/m1/s1. The second-order valence-electron chi connectivity index (χ2n) is 11.0. The van der Waals surface area contributed by atoms with Crippen LogP contribution in [0.3, 0.4) is 0 Å². The fraction of sp³-hybridized carbons (Fsp3) is 0.152. The Morgan fingerprint density at radius 3 is 1.37 bits per heavy atom. The minimum absolute atomic E-state index is 0.0449. The number of hydrogen-bond acceptors (Lipinski definition) is 4. The van der Waals surface area contributed by atoms with Gasteiger partial charge in [-0.2, -0.15) is 0 Å². The number of rotatable bonds is 4. The molecule has 0 bridgehead atoms. The smallest absolute Gasteiger partial charge is 0.237 e. The topological polar surface area (TPSA) is 92.3 Å². The Labute approximate surface area is 254 Å². The van der Waals surface area contributed by atoms with Crippen LogP contribution in [0.1, 0.15) is 38.3 Å². The van der Waals surface area contributed by atoms with Crippen molar-refractivity contribution in [3.05, 3.63) is 129 Å². The second-order valence-corrected chi connectivity index (χ2v) is 11.9. The summed E-state index contributed by atoms with van der Waals surface area (Å²) in [5.41, 5.74) is -3.42. The van der Waals surface area contributed by atoms with E-state index < -0.39 is 57.7 Å². The average Bonchev–Trinajstić information content (AvgIpc) is 3.58. The van der Waals surface area contributed by atoms with Crippen molar-refractivity contribution < 1.29 is 28.0 Å². The number of hydrogen-bond donors (Lipinski definition) is 2. The van der Waals surface area contributed by atoms with Crippen LogP contribution in [0.5, 0.6) is 0 Å². The summed E-state index contributed by atoms with van der Waals surface area (Å²) in [7, 11) is 0. The summed E-state index contributed by atoms with van der Waals surface area (Å²) in [6, 6.07) is 19.2. The van der Waals surface area contributed by atoms with Crippen molar-refractivity contribution in [2.24, 2.45) is 11.8 Å². The van der Waals surface area contributed by atoms with Gasteiger partial charge in [0.05, 0.1) is 0 Å². The van der Waals surface area contributed by atoms with Crippen molar-refractivity contribution in [1.82, 2.24) is 0 Å². The van der Waals surface area contributed by atoms with E-state index in [1.54, 1.807) is 0 Å². The van der Waals surface area contributed by atoms with Gasteiger partial charge in [-0.25, -0.2) is 8.78 Å². The molecule has 0 saturated heterocycles. The number of Topliss-reactive ketones (excluding diaryl/α,β-unsaturated/α-hetero) is 2. The van der Waals surface area contributed by atoms with Crippen LogP contribution in [0.2, 0.25) is 10.0 Å². The number of carbonyl (C=O) groups excluding carboxylic acids is 4. The highest BCUT2D eigenvalue weighted by Crippen LogP contribution is 2.68. The molecule has 6 nitrogen and oxygen atoms in total. The largest absolute Gasteiger partial charge is 0.325 e. The first kappa shape index (κ1) is 27.4. The van der Waals surface area contributed by atoms with Gasteiger partial charge >= 0.3 is 0 Å². The predicted molar refractivity (Wildman–Crippen MR) is 157 cm³/mol. The van der Waals surface area contributed by atoms with Crippen LogP contribution < -0.4 is 10.6 Å². The van der Waals surface area contributed by atoms with E-state index in [2.05, 4.69) is 10.6 Å². The predicted octanol–water partition coefficient (Wildman–Crippen LogP) is 6.75. The average molecular weight is 617 g/mol. The maximum Gasteiger partial charge on any atom is 0.237 e. The first-order valence-corrected chi connectivity index (χ1v) is 14.2. The summed E-state index contributed by atoms with van der Waals surface area (Å²) in [6.45, 7) is 0. The van der Waals surface area contributed by atoms with Crippen LogP contribution in [0.25, 0.3) is 0 Å². The maximum absolute atomic E-state index is 15.0. The SMILES string of the molecule is O=C(c1ccc(Cl)cc1)[C@H]1C[C@H](C(=O)c2ccc(Cl)cc2)[C@]2(C(=O)Nc3ccc(F)cc32)[C@]12C(=O)Nc1ccc(F)cc12. The molecule has 7 rings (SSSR count). The van der Waals surface area contributed by atoms with Gasteiger partial charge in [-0.3, -0.25) is 19.2 Å². The molecule has 3 aliphatic rings. The number of carbonyl (C=O) groups is 4. The van der Waals surface area contributed by atoms with Gasteiger partial charge in [0.15, 0.2) is 11.6 Å². The van der Waals surface area contributed by atoms with Crippen LogP contribution in [-0.2, 0) is 20.4 Å². The van der Waals surface area contributed by atoms with Crippen molar-refractivity contribution in [2.45, 2.75) is 17.3 Å². The Hall–Kier alpha value is -4.40. The normalized spacial score (nSPS) is 25.0. The zero-order valence-corrected chi connectivity index (χ0v) is 23.6. The monoisotopic (exact) mass is 616 g/mol. The molecule has 0 unspecified atom stereocenters. The van der Waals surface area contributed by atoms with Gasteiger partial charge in [-0.15, -0.1) is 0 Å². The lowest BCUT2D eigenvalue weighted by Crippen LogP contribution is -2.61. The minimum atomic E-state index is -2.13. The molecule has 1 fully saturated rings. The van der Waals surface area contributed by atoms with Gasteiger partial charge in [0, 0.05) is 44.4 Å². The van der Waals surface area contributed by atoms with Gasteiger partial charge in [-0.05, 0) is 102 Å². The molecule has 0 aromatic heterocycles. The van der Waals surface area contributed by atoms with Crippen molar-refractivity contribution in [3.63, 3.8) is 0 Å². The highest BCUT2D eigenvalue weighted by Gasteiger charge is 2.79.